The van der Waals surface area contributed by atoms with Gasteiger partial charge in [-0.25, -0.2) is 13.2 Å². The first-order chi connectivity index (χ1) is 8.91. The van der Waals surface area contributed by atoms with E-state index in [1.54, 1.807) is 27.7 Å². The molecule has 1 rings (SSSR count). The van der Waals surface area contributed by atoms with Gasteiger partial charge in [0.1, 0.15) is 17.4 Å². The Balaban J connectivity index is 2.94. The lowest BCUT2D eigenvalue weighted by Gasteiger charge is -2.39. The second kappa shape index (κ2) is 5.35. The number of likely N-dealkylation sites (N-methyl/N-ethyl adjacent to an activating group) is 1. The SMILES string of the molecule is CN(C(=O)OC(C)(C)C)C(C)(C=O)C1CCS(=O)(=O)C1. The highest BCUT2D eigenvalue weighted by Crippen LogP contribution is 2.32. The maximum Gasteiger partial charge on any atom is 0.410 e. The van der Waals surface area contributed by atoms with Gasteiger partial charge in [-0.3, -0.25) is 4.90 Å². The Kier molecular flexibility index (Phi) is 4.53. The van der Waals surface area contributed by atoms with Crippen LogP contribution in [0.25, 0.3) is 0 Å². The molecule has 1 heterocycles. The fourth-order valence-electron chi connectivity index (χ4n) is 2.23. The van der Waals surface area contributed by atoms with Crippen molar-refractivity contribution in [3.8, 4) is 0 Å². The highest BCUT2D eigenvalue weighted by Gasteiger charge is 2.46. The first-order valence-corrected chi connectivity index (χ1v) is 8.37. The van der Waals surface area contributed by atoms with Crippen LogP contribution < -0.4 is 0 Å². The summed E-state index contributed by atoms with van der Waals surface area (Å²) in [7, 11) is -1.66. The van der Waals surface area contributed by atoms with Crippen molar-refractivity contribution in [2.24, 2.45) is 5.92 Å². The highest BCUT2D eigenvalue weighted by molar-refractivity contribution is 7.91. The van der Waals surface area contributed by atoms with Gasteiger partial charge in [-0.1, -0.05) is 0 Å². The molecule has 1 fully saturated rings. The third-order valence-electron chi connectivity index (χ3n) is 3.69. The minimum atomic E-state index is -3.12. The Bertz CT molecular complexity index is 493. The van der Waals surface area contributed by atoms with Crippen molar-refractivity contribution in [2.75, 3.05) is 18.6 Å². The van der Waals surface area contributed by atoms with Gasteiger partial charge in [-0.2, -0.15) is 0 Å². The summed E-state index contributed by atoms with van der Waals surface area (Å²) >= 11 is 0. The van der Waals surface area contributed by atoms with E-state index in [-0.39, 0.29) is 11.5 Å². The van der Waals surface area contributed by atoms with Crippen LogP contribution in [-0.4, -0.2) is 55.4 Å². The lowest BCUT2D eigenvalue weighted by atomic mass is 9.85. The smallest absolute Gasteiger partial charge is 0.410 e. The third-order valence-corrected chi connectivity index (χ3v) is 5.46. The molecule has 0 spiro atoms. The Morgan fingerprint density at radius 3 is 2.20 bits per heavy atom. The van der Waals surface area contributed by atoms with Crippen LogP contribution in [0.4, 0.5) is 4.79 Å². The summed E-state index contributed by atoms with van der Waals surface area (Å²) in [5.41, 5.74) is -1.84. The average Bonchev–Trinajstić information content (AvgIpc) is 2.65. The number of sulfone groups is 1. The van der Waals surface area contributed by atoms with Crippen LogP contribution in [0.5, 0.6) is 0 Å². The van der Waals surface area contributed by atoms with Crippen LogP contribution in [0, 0.1) is 5.92 Å². The van der Waals surface area contributed by atoms with E-state index in [1.807, 2.05) is 0 Å². The van der Waals surface area contributed by atoms with Crippen LogP contribution in [0.2, 0.25) is 0 Å². The summed E-state index contributed by atoms with van der Waals surface area (Å²) in [6.45, 7) is 6.78. The molecule has 6 nitrogen and oxygen atoms in total. The molecule has 0 saturated carbocycles. The third kappa shape index (κ3) is 3.71. The van der Waals surface area contributed by atoms with Crippen LogP contribution >= 0.6 is 0 Å². The summed E-state index contributed by atoms with van der Waals surface area (Å²) in [6, 6.07) is 0. The van der Waals surface area contributed by atoms with E-state index in [1.165, 1.54) is 11.9 Å². The molecule has 2 atom stereocenters. The number of carbonyl (C=O) groups is 2. The van der Waals surface area contributed by atoms with Crippen molar-refractivity contribution in [3.05, 3.63) is 0 Å². The number of amides is 1. The van der Waals surface area contributed by atoms with E-state index in [4.69, 9.17) is 4.74 Å². The molecular weight excluding hydrogens is 282 g/mol. The van der Waals surface area contributed by atoms with Crippen molar-refractivity contribution in [1.29, 1.82) is 0 Å². The Labute approximate surface area is 120 Å². The predicted molar refractivity (Wildman–Crippen MR) is 75.2 cm³/mol. The topological polar surface area (TPSA) is 80.8 Å². The molecule has 0 aliphatic carbocycles. The molecule has 0 aromatic carbocycles. The first-order valence-electron chi connectivity index (χ1n) is 6.55. The lowest BCUT2D eigenvalue weighted by molar-refractivity contribution is -0.119. The van der Waals surface area contributed by atoms with Gasteiger partial charge in [-0.05, 0) is 34.1 Å². The zero-order valence-corrected chi connectivity index (χ0v) is 13.5. The molecule has 0 radical (unpaired) electrons. The molecule has 2 unspecified atom stereocenters. The molecule has 7 heteroatoms. The molecule has 1 aliphatic heterocycles. The minimum Gasteiger partial charge on any atom is -0.444 e. The Morgan fingerprint density at radius 1 is 1.30 bits per heavy atom. The maximum absolute atomic E-state index is 12.1. The number of hydrogen-bond acceptors (Lipinski definition) is 5. The molecule has 0 N–H and O–H groups in total. The number of rotatable bonds is 3. The lowest BCUT2D eigenvalue weighted by Crippen LogP contribution is -2.55. The fourth-order valence-corrected chi connectivity index (χ4v) is 4.16. The molecule has 116 valence electrons. The second-order valence-corrected chi connectivity index (χ2v) is 8.71. The van der Waals surface area contributed by atoms with Gasteiger partial charge >= 0.3 is 6.09 Å². The van der Waals surface area contributed by atoms with E-state index in [9.17, 15) is 18.0 Å². The number of ether oxygens (including phenoxy) is 1. The summed E-state index contributed by atoms with van der Waals surface area (Å²) < 4.78 is 28.4. The number of carbonyl (C=O) groups excluding carboxylic acids is 2. The van der Waals surface area contributed by atoms with Crippen LogP contribution in [0.3, 0.4) is 0 Å². The van der Waals surface area contributed by atoms with E-state index >= 15 is 0 Å². The van der Waals surface area contributed by atoms with Gasteiger partial charge in [0.25, 0.3) is 0 Å². The molecule has 1 amide bonds. The minimum absolute atomic E-state index is 0.0588. The van der Waals surface area contributed by atoms with E-state index in [0.717, 1.165) is 0 Å². The number of nitrogens with zero attached hydrogens (tertiary/aromatic N) is 1. The van der Waals surface area contributed by atoms with Crippen molar-refractivity contribution in [3.63, 3.8) is 0 Å². The van der Waals surface area contributed by atoms with Crippen LogP contribution in [-0.2, 0) is 19.4 Å². The molecule has 20 heavy (non-hydrogen) atoms. The van der Waals surface area contributed by atoms with E-state index in [0.29, 0.717) is 12.7 Å². The normalized spacial score (nSPS) is 24.8. The zero-order valence-electron chi connectivity index (χ0n) is 12.7. The summed E-state index contributed by atoms with van der Waals surface area (Å²) in [4.78, 5) is 24.8. The zero-order chi connectivity index (χ0) is 15.8. The molecule has 1 aliphatic rings. The second-order valence-electron chi connectivity index (χ2n) is 6.48. The molecule has 1 saturated heterocycles. The van der Waals surface area contributed by atoms with Gasteiger partial charge in [0.15, 0.2) is 9.84 Å². The molecule has 0 bridgehead atoms. The van der Waals surface area contributed by atoms with Crippen LogP contribution in [0.15, 0.2) is 0 Å². The largest absolute Gasteiger partial charge is 0.444 e. The van der Waals surface area contributed by atoms with Crippen molar-refractivity contribution in [2.45, 2.75) is 45.3 Å². The predicted octanol–water partition coefficient (Wildman–Crippen LogP) is 1.25. The van der Waals surface area contributed by atoms with Gasteiger partial charge < -0.3 is 9.53 Å². The Morgan fingerprint density at radius 2 is 1.85 bits per heavy atom. The summed E-state index contributed by atoms with van der Waals surface area (Å²) in [5.74, 6) is -0.416. The average molecular weight is 305 g/mol. The van der Waals surface area contributed by atoms with E-state index < -0.39 is 33.0 Å². The quantitative estimate of drug-likeness (QED) is 0.733. The van der Waals surface area contributed by atoms with Crippen LogP contribution in [0.1, 0.15) is 34.1 Å². The first kappa shape index (κ1) is 16.9. The molecular formula is C13H23NO5S. The van der Waals surface area contributed by atoms with Gasteiger partial charge in [-0.15, -0.1) is 0 Å². The maximum atomic E-state index is 12.1. The molecule has 0 aromatic heterocycles. The number of aldehydes is 1. The van der Waals surface area contributed by atoms with Crippen molar-refractivity contribution >= 4 is 22.2 Å². The standard InChI is InChI=1S/C13H23NO5S/c1-12(2,3)19-11(16)14(5)13(4,9-15)10-6-7-20(17,18)8-10/h9-10H,6-8H2,1-5H3. The van der Waals surface area contributed by atoms with E-state index in [2.05, 4.69) is 0 Å². The van der Waals surface area contributed by atoms with Gasteiger partial charge in [0.2, 0.25) is 0 Å². The summed E-state index contributed by atoms with van der Waals surface area (Å²) in [5, 5.41) is 0. The van der Waals surface area contributed by atoms with Gasteiger partial charge in [0.05, 0.1) is 11.5 Å². The van der Waals surface area contributed by atoms with Gasteiger partial charge in [0, 0.05) is 13.0 Å². The fraction of sp³-hybridized carbons (Fsp3) is 0.846. The highest BCUT2D eigenvalue weighted by atomic mass is 32.2. The monoisotopic (exact) mass is 305 g/mol. The number of hydrogen-bond donors (Lipinski definition) is 0. The summed E-state index contributed by atoms with van der Waals surface area (Å²) in [6.07, 6.45) is 0.393. The molecule has 0 aromatic rings. The van der Waals surface area contributed by atoms with Crippen molar-refractivity contribution in [1.82, 2.24) is 4.90 Å². The Hall–Kier alpha value is -1.11. The van der Waals surface area contributed by atoms with Crippen molar-refractivity contribution < 1.29 is 22.7 Å².